The first-order valence-corrected chi connectivity index (χ1v) is 19.2. The maximum Gasteiger partial charge on any atom is 0.255 e. The van der Waals surface area contributed by atoms with Crippen molar-refractivity contribution in [3.8, 4) is 0 Å². The Balaban J connectivity index is 0.730. The van der Waals surface area contributed by atoms with Crippen LogP contribution in [0.4, 0.5) is 0 Å². The van der Waals surface area contributed by atoms with Crippen LogP contribution in [0.25, 0.3) is 0 Å². The molecule has 15 nitrogen and oxygen atoms in total. The molecule has 55 heavy (non-hydrogen) atoms. The van der Waals surface area contributed by atoms with Gasteiger partial charge < -0.3 is 33.5 Å². The van der Waals surface area contributed by atoms with Crippen LogP contribution in [0.5, 0.6) is 0 Å². The van der Waals surface area contributed by atoms with Gasteiger partial charge in [0.1, 0.15) is 12.1 Å². The number of imide groups is 2. The molecule has 0 bridgehead atoms. The first kappa shape index (κ1) is 40.1. The SMILES string of the molecule is O=C1CCC(N2Cc3c(CCCOCCOCCOCCOCCOCCCc4cccc5c4CN(C4CCC(=O)NC4=O)C5=O)cccc3C2=O)C(=O)N1. The summed E-state index contributed by atoms with van der Waals surface area (Å²) in [6.45, 7) is 5.51. The highest BCUT2D eigenvalue weighted by Gasteiger charge is 2.41. The molecule has 6 amide bonds. The molecule has 6 rings (SSSR count). The van der Waals surface area contributed by atoms with E-state index in [2.05, 4.69) is 10.6 Å². The van der Waals surface area contributed by atoms with Gasteiger partial charge in [0, 0.05) is 50.3 Å². The number of carbonyl (C=O) groups is 6. The summed E-state index contributed by atoms with van der Waals surface area (Å²) in [5.74, 6) is -1.73. The molecule has 2 N–H and O–H groups in total. The highest BCUT2D eigenvalue weighted by Crippen LogP contribution is 2.32. The molecule has 0 radical (unpaired) electrons. The van der Waals surface area contributed by atoms with E-state index in [9.17, 15) is 28.8 Å². The number of nitrogens with zero attached hydrogens (tertiary/aromatic N) is 2. The molecule has 2 saturated heterocycles. The number of aryl methyl sites for hydroxylation is 2. The monoisotopic (exact) mass is 762 g/mol. The number of fused-ring (bicyclic) bond motifs is 2. The van der Waals surface area contributed by atoms with Gasteiger partial charge in [-0.3, -0.25) is 39.4 Å². The maximum atomic E-state index is 13.0. The lowest BCUT2D eigenvalue weighted by molar-refractivity contribution is -0.138. The number of nitrogens with one attached hydrogen (secondary N) is 2. The molecule has 15 heteroatoms. The third kappa shape index (κ3) is 10.4. The fourth-order valence-electron chi connectivity index (χ4n) is 7.48. The first-order chi connectivity index (χ1) is 26.8. The summed E-state index contributed by atoms with van der Waals surface area (Å²) >= 11 is 0. The highest BCUT2D eigenvalue weighted by atomic mass is 16.6. The molecule has 0 saturated carbocycles. The predicted molar refractivity (Wildman–Crippen MR) is 196 cm³/mol. The molecule has 0 aromatic heterocycles. The smallest absolute Gasteiger partial charge is 0.255 e. The van der Waals surface area contributed by atoms with E-state index in [0.717, 1.165) is 47.9 Å². The highest BCUT2D eigenvalue weighted by molar-refractivity contribution is 6.06. The number of ether oxygens (including phenoxy) is 5. The molecule has 0 aliphatic carbocycles. The van der Waals surface area contributed by atoms with Crippen molar-refractivity contribution in [2.45, 2.75) is 76.5 Å². The Hall–Kier alpha value is -4.54. The third-order valence-electron chi connectivity index (χ3n) is 10.3. The second-order valence-electron chi connectivity index (χ2n) is 14.0. The summed E-state index contributed by atoms with van der Waals surface area (Å²) in [5.41, 5.74) is 5.28. The van der Waals surface area contributed by atoms with E-state index in [0.29, 0.717) is 103 Å². The van der Waals surface area contributed by atoms with Crippen LogP contribution in [0.1, 0.15) is 81.5 Å². The van der Waals surface area contributed by atoms with Crippen LogP contribution in [0, 0.1) is 0 Å². The lowest BCUT2D eigenvalue weighted by Gasteiger charge is -2.29. The normalized spacial score (nSPS) is 19.6. The van der Waals surface area contributed by atoms with Gasteiger partial charge in [0.2, 0.25) is 23.6 Å². The van der Waals surface area contributed by atoms with Crippen LogP contribution >= 0.6 is 0 Å². The minimum atomic E-state index is -0.619. The Labute approximate surface area is 320 Å². The largest absolute Gasteiger partial charge is 0.379 e. The summed E-state index contributed by atoms with van der Waals surface area (Å²) in [4.78, 5) is 76.9. The molecular weight excluding hydrogens is 712 g/mol. The molecule has 4 heterocycles. The number of rotatable bonds is 22. The summed E-state index contributed by atoms with van der Waals surface area (Å²) in [6, 6.07) is 10.1. The van der Waals surface area contributed by atoms with Gasteiger partial charge in [-0.05, 0) is 72.9 Å². The lowest BCUT2D eigenvalue weighted by Crippen LogP contribution is -2.52. The van der Waals surface area contributed by atoms with Gasteiger partial charge in [-0.1, -0.05) is 24.3 Å². The zero-order chi connectivity index (χ0) is 38.6. The Bertz CT molecular complexity index is 1610. The van der Waals surface area contributed by atoms with Crippen LogP contribution in [-0.4, -0.2) is 123 Å². The Morgan fingerprint density at radius 2 is 0.873 bits per heavy atom. The second kappa shape index (κ2) is 19.9. The topological polar surface area (TPSA) is 179 Å². The van der Waals surface area contributed by atoms with Crippen molar-refractivity contribution in [1.82, 2.24) is 20.4 Å². The third-order valence-corrected chi connectivity index (χ3v) is 10.3. The summed E-state index contributed by atoms with van der Waals surface area (Å²) < 4.78 is 28.2. The molecule has 2 aromatic rings. The fourth-order valence-corrected chi connectivity index (χ4v) is 7.48. The molecule has 0 spiro atoms. The molecule has 2 aromatic carbocycles. The molecule has 2 fully saturated rings. The zero-order valence-electron chi connectivity index (χ0n) is 31.1. The van der Waals surface area contributed by atoms with Crippen LogP contribution in [0.2, 0.25) is 0 Å². The quantitative estimate of drug-likeness (QED) is 0.132. The van der Waals surface area contributed by atoms with Gasteiger partial charge in [-0.15, -0.1) is 0 Å². The zero-order valence-corrected chi connectivity index (χ0v) is 31.1. The van der Waals surface area contributed by atoms with Crippen molar-refractivity contribution < 1.29 is 52.5 Å². The Morgan fingerprint density at radius 1 is 0.509 bits per heavy atom. The standard InChI is InChI=1S/C40H50N4O11/c45-35-13-11-33(37(47)41-35)43-25-31-27(5-1-9-29(31)39(43)49)7-3-15-51-17-19-53-21-23-55-24-22-54-20-18-52-16-4-8-28-6-2-10-30-32(28)26-44(40(30)50)34-12-14-36(46)42-38(34)48/h1-2,5-6,9-10,33-34H,3-4,7-8,11-26H2,(H,41,45,47)(H,42,46,48). The van der Waals surface area contributed by atoms with Crippen molar-refractivity contribution >= 4 is 35.4 Å². The number of carbonyl (C=O) groups excluding carboxylic acids is 6. The van der Waals surface area contributed by atoms with Crippen LogP contribution in [0.15, 0.2) is 36.4 Å². The summed E-state index contributed by atoms with van der Waals surface area (Å²) in [5, 5.41) is 4.68. The van der Waals surface area contributed by atoms with Gasteiger partial charge in [0.25, 0.3) is 11.8 Å². The number of hydrogen-bond acceptors (Lipinski definition) is 11. The number of piperidine rings is 2. The molecular formula is C40H50N4O11. The molecule has 296 valence electrons. The van der Waals surface area contributed by atoms with E-state index < -0.39 is 23.9 Å². The molecule has 4 aliphatic rings. The van der Waals surface area contributed by atoms with E-state index in [1.165, 1.54) is 0 Å². The minimum Gasteiger partial charge on any atom is -0.379 e. The second-order valence-corrected chi connectivity index (χ2v) is 14.0. The van der Waals surface area contributed by atoms with Crippen molar-refractivity contribution in [2.24, 2.45) is 0 Å². The molecule has 2 atom stereocenters. The van der Waals surface area contributed by atoms with Crippen LogP contribution in [-0.2, 0) is 68.8 Å². The predicted octanol–water partition coefficient (Wildman–Crippen LogP) is 1.86. The number of benzene rings is 2. The molecule has 4 aliphatic heterocycles. The number of amides is 6. The van der Waals surface area contributed by atoms with Crippen molar-refractivity contribution in [1.29, 1.82) is 0 Å². The van der Waals surface area contributed by atoms with Gasteiger partial charge >= 0.3 is 0 Å². The number of hydrogen-bond donors (Lipinski definition) is 2. The summed E-state index contributed by atoms with van der Waals surface area (Å²) in [7, 11) is 0. The van der Waals surface area contributed by atoms with Crippen molar-refractivity contribution in [2.75, 3.05) is 66.1 Å². The van der Waals surface area contributed by atoms with Gasteiger partial charge in [0.05, 0.1) is 52.9 Å². The van der Waals surface area contributed by atoms with Crippen LogP contribution < -0.4 is 10.6 Å². The Morgan fingerprint density at radius 3 is 1.24 bits per heavy atom. The Kier molecular flexibility index (Phi) is 14.5. The van der Waals surface area contributed by atoms with E-state index in [1.54, 1.807) is 21.9 Å². The fraction of sp³-hybridized carbons (Fsp3) is 0.550. The summed E-state index contributed by atoms with van der Waals surface area (Å²) in [6.07, 6.45) is 4.22. The average molecular weight is 763 g/mol. The van der Waals surface area contributed by atoms with E-state index in [1.807, 2.05) is 24.3 Å². The van der Waals surface area contributed by atoms with Crippen LogP contribution in [0.3, 0.4) is 0 Å². The minimum absolute atomic E-state index is 0.164. The van der Waals surface area contributed by atoms with Crippen molar-refractivity contribution in [3.05, 3.63) is 69.8 Å². The van der Waals surface area contributed by atoms with Gasteiger partial charge in [-0.25, -0.2) is 0 Å². The lowest BCUT2D eigenvalue weighted by atomic mass is 10.00. The van der Waals surface area contributed by atoms with Gasteiger partial charge in [0.15, 0.2) is 0 Å². The maximum absolute atomic E-state index is 13.0. The van der Waals surface area contributed by atoms with Crippen molar-refractivity contribution in [3.63, 3.8) is 0 Å². The van der Waals surface area contributed by atoms with E-state index in [4.69, 9.17) is 23.7 Å². The van der Waals surface area contributed by atoms with E-state index >= 15 is 0 Å². The van der Waals surface area contributed by atoms with Gasteiger partial charge in [-0.2, -0.15) is 0 Å². The first-order valence-electron chi connectivity index (χ1n) is 19.2. The van der Waals surface area contributed by atoms with E-state index in [-0.39, 0.29) is 36.5 Å². The molecule has 2 unspecified atom stereocenters. The average Bonchev–Trinajstić information content (AvgIpc) is 3.69.